The number of carbonyl (C=O) groups excluding carboxylic acids is 1. The predicted octanol–water partition coefficient (Wildman–Crippen LogP) is 3.09. The van der Waals surface area contributed by atoms with Crippen LogP contribution < -0.4 is 14.8 Å². The Morgan fingerprint density at radius 2 is 1.90 bits per heavy atom. The Morgan fingerprint density at radius 3 is 2.68 bits per heavy atom. The van der Waals surface area contributed by atoms with Gasteiger partial charge in [0.1, 0.15) is 24.7 Å². The molecule has 1 amide bonds. The van der Waals surface area contributed by atoms with Gasteiger partial charge in [0.2, 0.25) is 5.91 Å². The molecule has 2 aromatic carbocycles. The molecule has 0 aliphatic carbocycles. The molecule has 0 aromatic heterocycles. The van der Waals surface area contributed by atoms with Crippen LogP contribution in [-0.4, -0.2) is 60.9 Å². The fourth-order valence-corrected chi connectivity index (χ4v) is 3.85. The van der Waals surface area contributed by atoms with Crippen LogP contribution >= 0.6 is 0 Å². The second-order valence-corrected chi connectivity index (χ2v) is 8.42. The fraction of sp³-hybridized carbons (Fsp3) is 0.480. The van der Waals surface area contributed by atoms with E-state index in [2.05, 4.69) is 23.2 Å². The number of rotatable bonds is 9. The molecule has 168 valence electrons. The Balaban J connectivity index is 1.38. The summed E-state index contributed by atoms with van der Waals surface area (Å²) in [6.45, 7) is 7.04. The summed E-state index contributed by atoms with van der Waals surface area (Å²) in [7, 11) is 0. The number of ether oxygens (including phenoxy) is 2. The van der Waals surface area contributed by atoms with Crippen molar-refractivity contribution in [2.75, 3.05) is 39.4 Å². The van der Waals surface area contributed by atoms with Crippen molar-refractivity contribution in [1.29, 1.82) is 0 Å². The number of carbonyl (C=O) groups is 1. The molecule has 1 aliphatic rings. The van der Waals surface area contributed by atoms with Crippen molar-refractivity contribution in [3.8, 4) is 11.5 Å². The molecule has 1 atom stereocenters. The minimum absolute atomic E-state index is 0.0198. The van der Waals surface area contributed by atoms with E-state index in [1.807, 2.05) is 49.4 Å². The monoisotopic (exact) mass is 426 g/mol. The van der Waals surface area contributed by atoms with Gasteiger partial charge in [0.25, 0.3) is 0 Å². The van der Waals surface area contributed by atoms with Gasteiger partial charge < -0.3 is 19.9 Å². The fourth-order valence-electron chi connectivity index (χ4n) is 3.85. The highest BCUT2D eigenvalue weighted by atomic mass is 16.5. The van der Waals surface area contributed by atoms with Crippen LogP contribution in [-0.2, 0) is 4.79 Å². The summed E-state index contributed by atoms with van der Waals surface area (Å²) in [6, 6.07) is 15.6. The third-order valence-electron chi connectivity index (χ3n) is 5.64. The van der Waals surface area contributed by atoms with E-state index in [1.54, 1.807) is 0 Å². The molecule has 0 radical (unpaired) electrons. The molecule has 1 saturated heterocycles. The first-order chi connectivity index (χ1) is 14.9. The number of benzene rings is 2. The summed E-state index contributed by atoms with van der Waals surface area (Å²) < 4.78 is 11.5. The molecule has 1 fully saturated rings. The number of nitrogens with zero attached hydrogens (tertiary/aromatic N) is 1. The van der Waals surface area contributed by atoms with Gasteiger partial charge in [0, 0.05) is 6.54 Å². The van der Waals surface area contributed by atoms with Crippen molar-refractivity contribution < 1.29 is 19.4 Å². The van der Waals surface area contributed by atoms with E-state index in [-0.39, 0.29) is 12.5 Å². The maximum Gasteiger partial charge on any atom is 0.234 e. The van der Waals surface area contributed by atoms with E-state index >= 15 is 0 Å². The first kappa shape index (κ1) is 23.1. The minimum atomic E-state index is -0.869. The summed E-state index contributed by atoms with van der Waals surface area (Å²) in [5.74, 6) is 1.59. The van der Waals surface area contributed by atoms with Crippen LogP contribution in [0.3, 0.4) is 0 Å². The molecule has 2 N–H and O–H groups in total. The summed E-state index contributed by atoms with van der Waals surface area (Å²) in [4.78, 5) is 14.4. The van der Waals surface area contributed by atoms with Crippen LogP contribution in [0.15, 0.2) is 48.5 Å². The average molecular weight is 427 g/mol. The van der Waals surface area contributed by atoms with Gasteiger partial charge in [0.15, 0.2) is 0 Å². The lowest BCUT2D eigenvalue weighted by molar-refractivity contribution is -0.122. The third-order valence-corrected chi connectivity index (χ3v) is 5.64. The number of aliphatic hydroxyl groups is 1. The molecule has 3 rings (SSSR count). The van der Waals surface area contributed by atoms with Crippen molar-refractivity contribution in [3.05, 3.63) is 59.7 Å². The Hall–Kier alpha value is -2.57. The van der Waals surface area contributed by atoms with Gasteiger partial charge >= 0.3 is 0 Å². The van der Waals surface area contributed by atoms with Crippen LogP contribution in [0.1, 0.15) is 30.4 Å². The van der Waals surface area contributed by atoms with Gasteiger partial charge in [-0.15, -0.1) is 0 Å². The van der Waals surface area contributed by atoms with Crippen molar-refractivity contribution >= 4 is 5.91 Å². The van der Waals surface area contributed by atoms with E-state index in [1.165, 1.54) is 5.56 Å². The summed E-state index contributed by atoms with van der Waals surface area (Å²) in [5.41, 5.74) is 1.40. The van der Waals surface area contributed by atoms with Crippen molar-refractivity contribution in [2.24, 2.45) is 0 Å². The number of para-hydroxylation sites is 1. The molecule has 0 spiro atoms. The lowest BCUT2D eigenvalue weighted by atomic mass is 9.96. The van der Waals surface area contributed by atoms with E-state index in [0.717, 1.165) is 30.0 Å². The highest BCUT2D eigenvalue weighted by Crippen LogP contribution is 2.25. The molecule has 2 aromatic rings. The highest BCUT2D eigenvalue weighted by molar-refractivity contribution is 5.78. The second-order valence-electron chi connectivity index (χ2n) is 8.42. The Labute approximate surface area is 185 Å². The molecule has 0 bridgehead atoms. The number of hydrogen-bond acceptors (Lipinski definition) is 5. The Kier molecular flexibility index (Phi) is 8.32. The van der Waals surface area contributed by atoms with Gasteiger partial charge in [-0.3, -0.25) is 9.69 Å². The molecule has 0 saturated carbocycles. The van der Waals surface area contributed by atoms with Crippen molar-refractivity contribution in [1.82, 2.24) is 10.2 Å². The smallest absolute Gasteiger partial charge is 0.234 e. The van der Waals surface area contributed by atoms with Gasteiger partial charge in [0.05, 0.1) is 18.7 Å². The molecular formula is C25H34N2O4. The largest absolute Gasteiger partial charge is 0.492 e. The lowest BCUT2D eigenvalue weighted by Gasteiger charge is -2.27. The maximum absolute atomic E-state index is 12.3. The molecular weight excluding hydrogens is 392 g/mol. The zero-order chi connectivity index (χ0) is 22.1. The summed E-state index contributed by atoms with van der Waals surface area (Å²) in [5, 5.41) is 13.9. The lowest BCUT2D eigenvalue weighted by Crippen LogP contribution is -2.41. The topological polar surface area (TPSA) is 71.0 Å². The van der Waals surface area contributed by atoms with Crippen molar-refractivity contribution in [3.63, 3.8) is 0 Å². The van der Waals surface area contributed by atoms with Crippen LogP contribution in [0.25, 0.3) is 0 Å². The Morgan fingerprint density at radius 1 is 1.10 bits per heavy atom. The van der Waals surface area contributed by atoms with Gasteiger partial charge in [-0.2, -0.15) is 0 Å². The molecule has 1 heterocycles. The van der Waals surface area contributed by atoms with Crippen LogP contribution in [0.2, 0.25) is 0 Å². The average Bonchev–Trinajstić information content (AvgIpc) is 2.93. The first-order valence-corrected chi connectivity index (χ1v) is 11.0. The highest BCUT2D eigenvalue weighted by Gasteiger charge is 2.31. The van der Waals surface area contributed by atoms with E-state index in [4.69, 9.17) is 9.47 Å². The number of nitrogens with one attached hydrogen (secondary N) is 1. The van der Waals surface area contributed by atoms with Gasteiger partial charge in [-0.25, -0.2) is 0 Å². The standard InChI is InChI=1S/C25H34N2O4/c1-20-9-10-23(21(2)17-20)31-19-25(29)11-6-14-27(15-12-25)18-24(28)26-13-16-30-22-7-4-3-5-8-22/h3-5,7-10,17,29H,6,11-16,18-19H2,1-2H3,(H,26,28)/t25-/m1/s1. The van der Waals surface area contributed by atoms with Crippen LogP contribution in [0.5, 0.6) is 11.5 Å². The quantitative estimate of drug-likeness (QED) is 0.603. The van der Waals surface area contributed by atoms with E-state index in [0.29, 0.717) is 39.1 Å². The van der Waals surface area contributed by atoms with Crippen LogP contribution in [0, 0.1) is 13.8 Å². The predicted molar refractivity (Wildman–Crippen MR) is 122 cm³/mol. The number of amides is 1. The maximum atomic E-state index is 12.3. The minimum Gasteiger partial charge on any atom is -0.492 e. The van der Waals surface area contributed by atoms with E-state index in [9.17, 15) is 9.90 Å². The summed E-state index contributed by atoms with van der Waals surface area (Å²) >= 11 is 0. The van der Waals surface area contributed by atoms with E-state index < -0.39 is 5.60 Å². The van der Waals surface area contributed by atoms with Crippen LogP contribution in [0.4, 0.5) is 0 Å². The first-order valence-electron chi connectivity index (χ1n) is 11.0. The van der Waals surface area contributed by atoms with Crippen molar-refractivity contribution in [2.45, 2.75) is 38.7 Å². The Bertz CT molecular complexity index is 843. The summed E-state index contributed by atoms with van der Waals surface area (Å²) in [6.07, 6.45) is 2.08. The SMILES string of the molecule is Cc1ccc(OC[C@@]2(O)CCCN(CC(=O)NCCOc3ccccc3)CC2)c(C)c1. The molecule has 1 aliphatic heterocycles. The molecule has 0 unspecified atom stereocenters. The van der Waals surface area contributed by atoms with Gasteiger partial charge in [-0.1, -0.05) is 35.9 Å². The normalized spacial score (nSPS) is 19.5. The zero-order valence-corrected chi connectivity index (χ0v) is 18.6. The van der Waals surface area contributed by atoms with Gasteiger partial charge in [-0.05, 0) is 63.4 Å². The number of likely N-dealkylation sites (tertiary alicyclic amines) is 1. The zero-order valence-electron chi connectivity index (χ0n) is 18.6. The molecule has 31 heavy (non-hydrogen) atoms. The second kappa shape index (κ2) is 11.2. The molecule has 6 heteroatoms. The third kappa shape index (κ3) is 7.56. The molecule has 6 nitrogen and oxygen atoms in total. The number of hydrogen-bond donors (Lipinski definition) is 2. The number of aryl methyl sites for hydroxylation is 2.